The first kappa shape index (κ1) is 14.4. The lowest BCUT2D eigenvalue weighted by Gasteiger charge is -2.22. The molecule has 0 radical (unpaired) electrons. The molecule has 1 aromatic rings. The zero-order chi connectivity index (χ0) is 14.1. The number of aryl methyl sites for hydroxylation is 1. The molecule has 0 aliphatic rings. The maximum Gasteiger partial charge on any atom is 0.309 e. The number of hydrogen-bond acceptors (Lipinski definition) is 3. The first-order valence-corrected chi connectivity index (χ1v) is 5.80. The summed E-state index contributed by atoms with van der Waals surface area (Å²) in [5.41, 5.74) is 1.49. The number of phenolic OH excluding ortho intramolecular Hbond substituents is 1. The number of ether oxygens (including phenoxy) is 1. The van der Waals surface area contributed by atoms with Crippen molar-refractivity contribution in [2.75, 3.05) is 7.11 Å². The van der Waals surface area contributed by atoms with Gasteiger partial charge in [-0.15, -0.1) is 0 Å². The summed E-state index contributed by atoms with van der Waals surface area (Å²) in [5, 5.41) is 19.2. The molecule has 0 atom stereocenters. The molecule has 1 rings (SSSR count). The molecule has 0 aliphatic heterocycles. The van der Waals surface area contributed by atoms with E-state index in [0.717, 1.165) is 11.1 Å². The Labute approximate surface area is 107 Å². The number of benzene rings is 1. The highest BCUT2D eigenvalue weighted by Gasteiger charge is 2.29. The van der Waals surface area contributed by atoms with Gasteiger partial charge in [0.1, 0.15) is 0 Å². The predicted molar refractivity (Wildman–Crippen MR) is 69.3 cm³/mol. The van der Waals surface area contributed by atoms with Gasteiger partial charge >= 0.3 is 5.97 Å². The Kier molecular flexibility index (Phi) is 3.89. The molecule has 100 valence electrons. The fraction of sp³-hybridized carbons (Fsp3) is 0.500. The van der Waals surface area contributed by atoms with Crippen LogP contribution in [0.1, 0.15) is 30.5 Å². The Hall–Kier alpha value is -1.71. The summed E-state index contributed by atoms with van der Waals surface area (Å²) in [6.45, 7) is 6.99. The van der Waals surface area contributed by atoms with Crippen molar-refractivity contribution in [3.05, 3.63) is 22.8 Å². The minimum atomic E-state index is -0.901. The van der Waals surface area contributed by atoms with E-state index >= 15 is 0 Å². The summed E-state index contributed by atoms with van der Waals surface area (Å²) in [7, 11) is 1.47. The van der Waals surface area contributed by atoms with E-state index in [-0.39, 0.29) is 5.75 Å². The monoisotopic (exact) mass is 252 g/mol. The van der Waals surface area contributed by atoms with Crippen LogP contribution in [0.15, 0.2) is 6.07 Å². The number of carboxylic acids is 1. The molecule has 0 bridgehead atoms. The van der Waals surface area contributed by atoms with E-state index in [1.54, 1.807) is 20.8 Å². The van der Waals surface area contributed by atoms with Crippen molar-refractivity contribution >= 4 is 5.97 Å². The lowest BCUT2D eigenvalue weighted by Crippen LogP contribution is -2.26. The van der Waals surface area contributed by atoms with Crippen LogP contribution in [0.25, 0.3) is 0 Å². The van der Waals surface area contributed by atoms with Gasteiger partial charge in [-0.1, -0.05) is 6.07 Å². The van der Waals surface area contributed by atoms with Crippen LogP contribution in [0.3, 0.4) is 0 Å². The predicted octanol–water partition coefficient (Wildman–Crippen LogP) is 2.67. The van der Waals surface area contributed by atoms with Crippen molar-refractivity contribution in [2.24, 2.45) is 5.41 Å². The summed E-state index contributed by atoms with van der Waals surface area (Å²) in [5.74, 6) is -0.414. The molecule has 18 heavy (non-hydrogen) atoms. The van der Waals surface area contributed by atoms with Crippen LogP contribution < -0.4 is 4.74 Å². The van der Waals surface area contributed by atoms with E-state index in [2.05, 4.69) is 0 Å². The standard InChI is InChI=1S/C14H20O4/c1-8-6-10(7-14(3,4)13(16)17)12(18-5)11(15)9(8)2/h6,15H,7H2,1-5H3,(H,16,17). The second-order valence-electron chi connectivity index (χ2n) is 5.23. The van der Waals surface area contributed by atoms with Gasteiger partial charge in [-0.2, -0.15) is 0 Å². The Morgan fingerprint density at radius 3 is 2.39 bits per heavy atom. The Bertz CT molecular complexity index is 475. The molecular weight excluding hydrogens is 232 g/mol. The Morgan fingerprint density at radius 1 is 1.39 bits per heavy atom. The largest absolute Gasteiger partial charge is 0.504 e. The van der Waals surface area contributed by atoms with Crippen LogP contribution in [0.5, 0.6) is 11.5 Å². The number of hydrogen-bond donors (Lipinski definition) is 2. The molecular formula is C14H20O4. The molecule has 0 spiro atoms. The van der Waals surface area contributed by atoms with Crippen molar-refractivity contribution in [2.45, 2.75) is 34.1 Å². The highest BCUT2D eigenvalue weighted by atomic mass is 16.5. The van der Waals surface area contributed by atoms with Gasteiger partial charge in [0.2, 0.25) is 0 Å². The van der Waals surface area contributed by atoms with Gasteiger partial charge in [0.15, 0.2) is 11.5 Å². The van der Waals surface area contributed by atoms with Gasteiger partial charge in [0.05, 0.1) is 12.5 Å². The van der Waals surface area contributed by atoms with E-state index in [9.17, 15) is 9.90 Å². The fourth-order valence-electron chi connectivity index (χ4n) is 1.86. The average molecular weight is 252 g/mol. The molecule has 0 saturated carbocycles. The number of aliphatic carboxylic acids is 1. The number of carbonyl (C=O) groups is 1. The van der Waals surface area contributed by atoms with Gasteiger partial charge in [-0.05, 0) is 50.8 Å². The molecule has 1 aromatic carbocycles. The second-order valence-corrected chi connectivity index (χ2v) is 5.23. The highest BCUT2D eigenvalue weighted by Crippen LogP contribution is 2.38. The van der Waals surface area contributed by atoms with Crippen LogP contribution in [0, 0.1) is 19.3 Å². The minimum Gasteiger partial charge on any atom is -0.504 e. The smallest absolute Gasteiger partial charge is 0.309 e. The van der Waals surface area contributed by atoms with E-state index < -0.39 is 11.4 Å². The zero-order valence-corrected chi connectivity index (χ0v) is 11.5. The van der Waals surface area contributed by atoms with Crippen LogP contribution in [-0.2, 0) is 11.2 Å². The molecule has 0 amide bonds. The number of carboxylic acid groups (broad SMARTS) is 1. The quantitative estimate of drug-likeness (QED) is 0.864. The molecule has 0 unspecified atom stereocenters. The van der Waals surface area contributed by atoms with Gasteiger partial charge in [0.25, 0.3) is 0 Å². The topological polar surface area (TPSA) is 66.8 Å². The number of methoxy groups -OCH3 is 1. The maximum atomic E-state index is 11.2. The fourth-order valence-corrected chi connectivity index (χ4v) is 1.86. The maximum absolute atomic E-state index is 11.2. The average Bonchev–Trinajstić information content (AvgIpc) is 2.26. The second kappa shape index (κ2) is 4.88. The van der Waals surface area contributed by atoms with Crippen LogP contribution in [-0.4, -0.2) is 23.3 Å². The van der Waals surface area contributed by atoms with Crippen molar-refractivity contribution < 1.29 is 19.7 Å². The van der Waals surface area contributed by atoms with E-state index in [1.807, 2.05) is 13.0 Å². The Morgan fingerprint density at radius 2 is 1.94 bits per heavy atom. The van der Waals surface area contributed by atoms with Crippen molar-refractivity contribution in [3.8, 4) is 11.5 Å². The molecule has 2 N–H and O–H groups in total. The van der Waals surface area contributed by atoms with E-state index in [1.165, 1.54) is 7.11 Å². The van der Waals surface area contributed by atoms with Crippen molar-refractivity contribution in [1.29, 1.82) is 0 Å². The molecule has 0 saturated heterocycles. The molecule has 4 heteroatoms. The van der Waals surface area contributed by atoms with Gasteiger partial charge in [-0.3, -0.25) is 4.79 Å². The lowest BCUT2D eigenvalue weighted by molar-refractivity contribution is -0.146. The summed E-state index contributed by atoms with van der Waals surface area (Å²) in [6.07, 6.45) is 0.306. The summed E-state index contributed by atoms with van der Waals surface area (Å²) in [6, 6.07) is 1.87. The summed E-state index contributed by atoms with van der Waals surface area (Å²) < 4.78 is 5.19. The van der Waals surface area contributed by atoms with Crippen LogP contribution in [0.2, 0.25) is 0 Å². The third-order valence-corrected chi connectivity index (χ3v) is 3.26. The SMILES string of the molecule is COc1c(CC(C)(C)C(=O)O)cc(C)c(C)c1O. The normalized spacial score (nSPS) is 11.4. The van der Waals surface area contributed by atoms with E-state index in [4.69, 9.17) is 9.84 Å². The van der Waals surface area contributed by atoms with Crippen molar-refractivity contribution in [3.63, 3.8) is 0 Å². The number of aromatic hydroxyl groups is 1. The molecule has 0 heterocycles. The van der Waals surface area contributed by atoms with Gasteiger partial charge < -0.3 is 14.9 Å². The van der Waals surface area contributed by atoms with E-state index in [0.29, 0.717) is 17.7 Å². The number of rotatable bonds is 4. The molecule has 4 nitrogen and oxygen atoms in total. The Balaban J connectivity index is 3.29. The third kappa shape index (κ3) is 2.58. The first-order chi connectivity index (χ1) is 8.20. The van der Waals surface area contributed by atoms with Crippen LogP contribution in [0.4, 0.5) is 0 Å². The lowest BCUT2D eigenvalue weighted by atomic mass is 9.84. The molecule has 0 fully saturated rings. The van der Waals surface area contributed by atoms with Crippen molar-refractivity contribution in [1.82, 2.24) is 0 Å². The van der Waals surface area contributed by atoms with Gasteiger partial charge in [-0.25, -0.2) is 0 Å². The zero-order valence-electron chi connectivity index (χ0n) is 11.5. The molecule has 0 aliphatic carbocycles. The third-order valence-electron chi connectivity index (χ3n) is 3.26. The molecule has 0 aromatic heterocycles. The number of phenols is 1. The summed E-state index contributed by atoms with van der Waals surface area (Å²) >= 11 is 0. The minimum absolute atomic E-state index is 0.0914. The van der Waals surface area contributed by atoms with Crippen LogP contribution >= 0.6 is 0 Å². The van der Waals surface area contributed by atoms with Gasteiger partial charge in [0, 0.05) is 0 Å². The summed E-state index contributed by atoms with van der Waals surface area (Å²) in [4.78, 5) is 11.2. The highest BCUT2D eigenvalue weighted by molar-refractivity contribution is 5.74. The first-order valence-electron chi connectivity index (χ1n) is 5.80.